The van der Waals surface area contributed by atoms with Gasteiger partial charge in [-0.3, -0.25) is 9.59 Å². The molecular weight excluding hydrogens is 414 g/mol. The molecule has 2 N–H and O–H groups in total. The van der Waals surface area contributed by atoms with Crippen molar-refractivity contribution in [3.8, 4) is 0 Å². The van der Waals surface area contributed by atoms with Crippen molar-refractivity contribution in [1.29, 1.82) is 0 Å². The highest BCUT2D eigenvalue weighted by Gasteiger charge is 2.35. The van der Waals surface area contributed by atoms with Gasteiger partial charge in [-0.25, -0.2) is 4.39 Å². The van der Waals surface area contributed by atoms with Crippen molar-refractivity contribution in [3.05, 3.63) is 69.8 Å². The number of H-pyrrole nitrogens is 1. The lowest BCUT2D eigenvalue weighted by Gasteiger charge is -2.25. The number of benzene rings is 2. The minimum absolute atomic E-state index is 0.0675. The second-order valence-electron chi connectivity index (χ2n) is 7.59. The van der Waals surface area contributed by atoms with E-state index in [9.17, 15) is 27.2 Å². The van der Waals surface area contributed by atoms with Gasteiger partial charge in [0.25, 0.3) is 5.91 Å². The van der Waals surface area contributed by atoms with Crippen molar-refractivity contribution in [1.82, 2.24) is 4.98 Å². The SMILES string of the molecule is C[C@@H]1CCCN1c1ccc(NC(=O)c2c[nH]c3ccc(F)cc3c2=O)c(C(F)(F)F)c1. The number of aromatic amines is 1. The molecule has 2 aromatic carbocycles. The second-order valence-corrected chi connectivity index (χ2v) is 7.59. The maximum Gasteiger partial charge on any atom is 0.418 e. The Morgan fingerprint density at radius 1 is 1.19 bits per heavy atom. The minimum atomic E-state index is -4.71. The molecule has 0 spiro atoms. The molecular formula is C22H19F4N3O2. The lowest BCUT2D eigenvalue weighted by Crippen LogP contribution is -2.27. The first kappa shape index (κ1) is 20.9. The fourth-order valence-corrected chi connectivity index (χ4v) is 3.92. The summed E-state index contributed by atoms with van der Waals surface area (Å²) < 4.78 is 54.6. The molecule has 31 heavy (non-hydrogen) atoms. The number of pyridine rings is 1. The van der Waals surface area contributed by atoms with E-state index in [2.05, 4.69) is 10.3 Å². The van der Waals surface area contributed by atoms with Crippen LogP contribution in [-0.4, -0.2) is 23.5 Å². The van der Waals surface area contributed by atoms with Gasteiger partial charge in [0.05, 0.1) is 11.3 Å². The van der Waals surface area contributed by atoms with E-state index in [4.69, 9.17) is 0 Å². The van der Waals surface area contributed by atoms with Crippen LogP contribution in [0.3, 0.4) is 0 Å². The second kappa shape index (κ2) is 7.72. The highest BCUT2D eigenvalue weighted by molar-refractivity contribution is 6.06. The van der Waals surface area contributed by atoms with Crippen LogP contribution in [0.1, 0.15) is 35.7 Å². The molecule has 0 saturated carbocycles. The van der Waals surface area contributed by atoms with Crippen LogP contribution in [0.5, 0.6) is 0 Å². The Morgan fingerprint density at radius 2 is 1.97 bits per heavy atom. The van der Waals surface area contributed by atoms with Crippen LogP contribution in [0.4, 0.5) is 28.9 Å². The van der Waals surface area contributed by atoms with Crippen LogP contribution >= 0.6 is 0 Å². The normalized spacial score (nSPS) is 16.7. The molecule has 0 unspecified atom stereocenters. The Morgan fingerprint density at radius 3 is 2.65 bits per heavy atom. The maximum atomic E-state index is 13.7. The summed E-state index contributed by atoms with van der Waals surface area (Å²) in [6.45, 7) is 2.61. The van der Waals surface area contributed by atoms with Gasteiger partial charge in [-0.15, -0.1) is 0 Å². The molecule has 1 fully saturated rings. The van der Waals surface area contributed by atoms with E-state index < -0.39 is 40.1 Å². The number of fused-ring (bicyclic) bond motifs is 1. The summed E-state index contributed by atoms with van der Waals surface area (Å²) in [6.07, 6.45) is -1.82. The zero-order valence-electron chi connectivity index (χ0n) is 16.5. The van der Waals surface area contributed by atoms with Gasteiger partial charge in [-0.1, -0.05) is 0 Å². The molecule has 0 aliphatic carbocycles. The van der Waals surface area contributed by atoms with E-state index in [0.717, 1.165) is 37.2 Å². The Kier molecular flexibility index (Phi) is 5.20. The van der Waals surface area contributed by atoms with Crippen LogP contribution in [0.15, 0.2) is 47.4 Å². The Balaban J connectivity index is 1.70. The summed E-state index contributed by atoms with van der Waals surface area (Å²) in [6, 6.07) is 7.31. The number of hydrogen-bond acceptors (Lipinski definition) is 3. The third-order valence-electron chi connectivity index (χ3n) is 5.53. The third kappa shape index (κ3) is 3.99. The number of carbonyl (C=O) groups excluding carboxylic acids is 1. The van der Waals surface area contributed by atoms with Crippen LogP contribution in [0.25, 0.3) is 10.9 Å². The largest absolute Gasteiger partial charge is 0.418 e. The van der Waals surface area contributed by atoms with Crippen molar-refractivity contribution in [2.45, 2.75) is 32.0 Å². The maximum absolute atomic E-state index is 13.7. The molecule has 1 amide bonds. The monoisotopic (exact) mass is 433 g/mol. The Bertz CT molecular complexity index is 1220. The Hall–Kier alpha value is -3.36. The summed E-state index contributed by atoms with van der Waals surface area (Å²) >= 11 is 0. The first-order valence-corrected chi connectivity index (χ1v) is 9.75. The number of nitrogens with one attached hydrogen (secondary N) is 2. The topological polar surface area (TPSA) is 65.2 Å². The lowest BCUT2D eigenvalue weighted by atomic mass is 10.1. The molecule has 162 valence electrons. The van der Waals surface area contributed by atoms with Gasteiger partial charge < -0.3 is 15.2 Å². The number of anilines is 2. The predicted octanol–water partition coefficient (Wildman–Crippen LogP) is 4.93. The zero-order valence-corrected chi connectivity index (χ0v) is 16.5. The molecule has 1 aliphatic rings. The average Bonchev–Trinajstić information content (AvgIpc) is 3.14. The first-order chi connectivity index (χ1) is 14.6. The molecule has 9 heteroatoms. The molecule has 4 rings (SSSR count). The van der Waals surface area contributed by atoms with E-state index >= 15 is 0 Å². The van der Waals surface area contributed by atoms with Gasteiger partial charge in [-0.05, 0) is 56.2 Å². The van der Waals surface area contributed by atoms with Crippen molar-refractivity contribution in [2.24, 2.45) is 0 Å². The summed E-state index contributed by atoms with van der Waals surface area (Å²) in [5, 5.41) is 2.12. The van der Waals surface area contributed by atoms with Gasteiger partial charge in [0.2, 0.25) is 5.43 Å². The van der Waals surface area contributed by atoms with E-state index in [0.29, 0.717) is 17.7 Å². The van der Waals surface area contributed by atoms with Crippen molar-refractivity contribution >= 4 is 28.2 Å². The number of alkyl halides is 3. The summed E-state index contributed by atoms with van der Waals surface area (Å²) in [5.74, 6) is -1.68. The number of nitrogens with zero attached hydrogens (tertiary/aromatic N) is 1. The summed E-state index contributed by atoms with van der Waals surface area (Å²) in [5.41, 5.74) is -1.91. The Labute approximate surface area is 174 Å². The highest BCUT2D eigenvalue weighted by atomic mass is 19.4. The van der Waals surface area contributed by atoms with Crippen molar-refractivity contribution in [2.75, 3.05) is 16.8 Å². The van der Waals surface area contributed by atoms with Gasteiger partial charge in [0.15, 0.2) is 0 Å². The molecule has 5 nitrogen and oxygen atoms in total. The van der Waals surface area contributed by atoms with Crippen LogP contribution < -0.4 is 15.6 Å². The van der Waals surface area contributed by atoms with E-state index in [1.165, 1.54) is 18.2 Å². The molecule has 3 aromatic rings. The molecule has 1 atom stereocenters. The molecule has 1 saturated heterocycles. The number of amides is 1. The summed E-state index contributed by atoms with van der Waals surface area (Å²) in [4.78, 5) is 29.8. The minimum Gasteiger partial charge on any atom is -0.369 e. The smallest absolute Gasteiger partial charge is 0.369 e. The number of carbonyl (C=O) groups is 1. The van der Waals surface area contributed by atoms with Gasteiger partial charge in [0, 0.05) is 35.4 Å². The zero-order chi connectivity index (χ0) is 22.3. The molecule has 1 aromatic heterocycles. The standard InChI is InChI=1S/C22H19F4N3O2/c1-12-3-2-8-29(12)14-5-7-19(17(10-14)22(24,25)26)28-21(31)16-11-27-18-6-4-13(23)9-15(18)20(16)30/h4-7,9-12H,2-3,8H2,1H3,(H,27,30)(H,28,31)/t12-/m1/s1. The van der Waals surface area contributed by atoms with Crippen LogP contribution in [0.2, 0.25) is 0 Å². The highest BCUT2D eigenvalue weighted by Crippen LogP contribution is 2.38. The fourth-order valence-electron chi connectivity index (χ4n) is 3.92. The number of aromatic nitrogens is 1. The third-order valence-corrected chi connectivity index (χ3v) is 5.53. The van der Waals surface area contributed by atoms with E-state index in [1.807, 2.05) is 11.8 Å². The van der Waals surface area contributed by atoms with Gasteiger partial charge in [0.1, 0.15) is 11.4 Å². The molecule has 1 aliphatic heterocycles. The average molecular weight is 433 g/mol. The molecule has 2 heterocycles. The van der Waals surface area contributed by atoms with Crippen LogP contribution in [0, 0.1) is 5.82 Å². The molecule has 0 radical (unpaired) electrons. The van der Waals surface area contributed by atoms with Gasteiger partial charge >= 0.3 is 6.18 Å². The molecule has 0 bridgehead atoms. The lowest BCUT2D eigenvalue weighted by molar-refractivity contribution is -0.136. The number of halogens is 4. The number of hydrogen-bond donors (Lipinski definition) is 2. The van der Waals surface area contributed by atoms with Crippen molar-refractivity contribution < 1.29 is 22.4 Å². The van der Waals surface area contributed by atoms with E-state index in [1.54, 1.807) is 0 Å². The predicted molar refractivity (Wildman–Crippen MR) is 110 cm³/mol. The van der Waals surface area contributed by atoms with Crippen LogP contribution in [-0.2, 0) is 6.18 Å². The number of rotatable bonds is 3. The fraction of sp³-hybridized carbons (Fsp3) is 0.273. The van der Waals surface area contributed by atoms with Gasteiger partial charge in [-0.2, -0.15) is 13.2 Å². The van der Waals surface area contributed by atoms with E-state index in [-0.39, 0.29) is 11.4 Å². The van der Waals surface area contributed by atoms with Crippen molar-refractivity contribution in [3.63, 3.8) is 0 Å². The quantitative estimate of drug-likeness (QED) is 0.576. The first-order valence-electron chi connectivity index (χ1n) is 9.75. The summed E-state index contributed by atoms with van der Waals surface area (Å²) in [7, 11) is 0.